The first kappa shape index (κ1) is 17.2. The Morgan fingerprint density at radius 3 is 2.64 bits per heavy atom. The predicted molar refractivity (Wildman–Crippen MR) is 89.0 cm³/mol. The minimum absolute atomic E-state index is 0.182. The average Bonchev–Trinajstić information content (AvgIpc) is 2.55. The molecule has 25 heavy (non-hydrogen) atoms. The number of pyridine rings is 1. The first-order valence-electron chi connectivity index (χ1n) is 8.13. The molecule has 2 heterocycles. The number of amides is 1. The number of primary amides is 1. The third kappa shape index (κ3) is 3.74. The molecule has 0 aromatic carbocycles. The molecule has 1 aliphatic rings. The van der Waals surface area contributed by atoms with Crippen LogP contribution in [0.5, 0.6) is 0 Å². The minimum atomic E-state index is -1.02. The minimum Gasteiger partial charge on any atom is -0.388 e. The Morgan fingerprint density at radius 1 is 1.36 bits per heavy atom. The van der Waals surface area contributed by atoms with E-state index in [1.807, 2.05) is 0 Å². The van der Waals surface area contributed by atoms with Crippen LogP contribution in [-0.2, 0) is 10.2 Å². The summed E-state index contributed by atoms with van der Waals surface area (Å²) in [6.45, 7) is 0.476. The second kappa shape index (κ2) is 7.10. The lowest BCUT2D eigenvalue weighted by Crippen LogP contribution is -2.42. The topological polar surface area (TPSA) is 114 Å². The number of nitrogens with one attached hydrogen (secondary N) is 1. The van der Waals surface area contributed by atoms with Gasteiger partial charge in [0.25, 0.3) is 0 Å². The van der Waals surface area contributed by atoms with Gasteiger partial charge in [0.1, 0.15) is 5.82 Å². The van der Waals surface area contributed by atoms with Crippen LogP contribution < -0.4 is 11.1 Å². The normalized spacial score (nSPS) is 16.7. The van der Waals surface area contributed by atoms with Gasteiger partial charge in [0.2, 0.25) is 11.9 Å². The number of carbonyl (C=O) groups is 1. The molecular formula is C17H20FN5O2. The van der Waals surface area contributed by atoms with Gasteiger partial charge in [-0.1, -0.05) is 6.42 Å². The summed E-state index contributed by atoms with van der Waals surface area (Å²) < 4.78 is 14.1. The lowest BCUT2D eigenvalue weighted by Gasteiger charge is -2.41. The van der Waals surface area contributed by atoms with Gasteiger partial charge in [-0.2, -0.15) is 0 Å². The fourth-order valence-corrected chi connectivity index (χ4v) is 3.03. The van der Waals surface area contributed by atoms with E-state index in [-0.39, 0.29) is 17.7 Å². The SMILES string of the molecule is NC(=O)CC(O)c1cnc(NCC2(c3ncccc3F)CCC2)nc1. The van der Waals surface area contributed by atoms with E-state index < -0.39 is 12.0 Å². The van der Waals surface area contributed by atoms with Crippen molar-refractivity contribution in [3.05, 3.63) is 47.8 Å². The van der Waals surface area contributed by atoms with E-state index in [0.29, 0.717) is 23.8 Å². The maximum Gasteiger partial charge on any atom is 0.222 e. The Labute approximate surface area is 144 Å². The van der Waals surface area contributed by atoms with Gasteiger partial charge >= 0.3 is 0 Å². The second-order valence-electron chi connectivity index (χ2n) is 6.35. The number of aromatic nitrogens is 3. The second-order valence-corrected chi connectivity index (χ2v) is 6.35. The molecule has 2 aromatic heterocycles. The molecule has 7 nitrogen and oxygen atoms in total. The molecule has 1 unspecified atom stereocenters. The van der Waals surface area contributed by atoms with E-state index in [1.165, 1.54) is 18.5 Å². The lowest BCUT2D eigenvalue weighted by molar-refractivity contribution is -0.119. The Kier molecular flexibility index (Phi) is 4.89. The van der Waals surface area contributed by atoms with Crippen LogP contribution in [0.2, 0.25) is 0 Å². The first-order chi connectivity index (χ1) is 12.0. The number of carbonyl (C=O) groups excluding carboxylic acids is 1. The van der Waals surface area contributed by atoms with Crippen molar-refractivity contribution in [3.63, 3.8) is 0 Å². The van der Waals surface area contributed by atoms with Gasteiger partial charge in [0, 0.05) is 36.1 Å². The summed E-state index contributed by atoms with van der Waals surface area (Å²) in [5, 5.41) is 12.9. The Hall–Kier alpha value is -2.61. The fourth-order valence-electron chi connectivity index (χ4n) is 3.03. The van der Waals surface area contributed by atoms with Crippen molar-refractivity contribution in [2.45, 2.75) is 37.2 Å². The van der Waals surface area contributed by atoms with Crippen LogP contribution in [0.4, 0.5) is 10.3 Å². The van der Waals surface area contributed by atoms with Gasteiger partial charge in [0.05, 0.1) is 18.2 Å². The van der Waals surface area contributed by atoms with Gasteiger partial charge in [-0.3, -0.25) is 9.78 Å². The Bertz CT molecular complexity index is 749. The molecule has 0 spiro atoms. The van der Waals surface area contributed by atoms with Crippen molar-refractivity contribution in [1.29, 1.82) is 0 Å². The van der Waals surface area contributed by atoms with E-state index in [4.69, 9.17) is 5.73 Å². The van der Waals surface area contributed by atoms with Gasteiger partial charge in [-0.25, -0.2) is 14.4 Å². The largest absolute Gasteiger partial charge is 0.388 e. The van der Waals surface area contributed by atoms with E-state index in [0.717, 1.165) is 19.3 Å². The summed E-state index contributed by atoms with van der Waals surface area (Å²) in [4.78, 5) is 23.3. The van der Waals surface area contributed by atoms with Crippen molar-refractivity contribution in [2.24, 2.45) is 5.73 Å². The molecule has 4 N–H and O–H groups in total. The number of aliphatic hydroxyl groups is 1. The van der Waals surface area contributed by atoms with Crippen LogP contribution in [0.1, 0.15) is 43.0 Å². The standard InChI is InChI=1S/C17H20FN5O2/c18-12-3-1-6-20-15(12)17(4-2-5-17)10-23-16-21-8-11(9-22-16)13(24)7-14(19)25/h1,3,6,8-9,13,24H,2,4-5,7,10H2,(H2,19,25)(H,21,22,23). The molecule has 0 aliphatic heterocycles. The molecule has 1 saturated carbocycles. The third-order valence-corrected chi connectivity index (χ3v) is 4.61. The van der Waals surface area contributed by atoms with Crippen molar-refractivity contribution >= 4 is 11.9 Å². The van der Waals surface area contributed by atoms with Crippen LogP contribution in [0, 0.1) is 5.82 Å². The summed E-state index contributed by atoms with van der Waals surface area (Å²) >= 11 is 0. The van der Waals surface area contributed by atoms with Crippen LogP contribution in [0.15, 0.2) is 30.7 Å². The van der Waals surface area contributed by atoms with Gasteiger partial charge in [-0.15, -0.1) is 0 Å². The zero-order valence-corrected chi connectivity index (χ0v) is 13.7. The van der Waals surface area contributed by atoms with E-state index >= 15 is 0 Å². The first-order valence-corrected chi connectivity index (χ1v) is 8.13. The number of nitrogens with zero attached hydrogens (tertiary/aromatic N) is 3. The molecule has 1 fully saturated rings. The smallest absolute Gasteiger partial charge is 0.222 e. The molecule has 132 valence electrons. The highest BCUT2D eigenvalue weighted by Gasteiger charge is 2.41. The molecule has 1 amide bonds. The summed E-state index contributed by atoms with van der Waals surface area (Å²) in [6.07, 6.45) is 6.01. The highest BCUT2D eigenvalue weighted by Crippen LogP contribution is 2.43. The number of rotatable bonds is 7. The molecule has 2 aromatic rings. The highest BCUT2D eigenvalue weighted by atomic mass is 19.1. The van der Waals surface area contributed by atoms with E-state index in [1.54, 1.807) is 12.3 Å². The fraction of sp³-hybridized carbons (Fsp3) is 0.412. The molecule has 1 aliphatic carbocycles. The molecule has 8 heteroatoms. The summed E-state index contributed by atoms with van der Waals surface area (Å²) in [7, 11) is 0. The predicted octanol–water partition coefficient (Wildman–Crippen LogP) is 1.45. The van der Waals surface area contributed by atoms with Crippen molar-refractivity contribution < 1.29 is 14.3 Å². The summed E-state index contributed by atoms with van der Waals surface area (Å²) in [5.74, 6) is -0.522. The Morgan fingerprint density at radius 2 is 2.08 bits per heavy atom. The molecular weight excluding hydrogens is 325 g/mol. The van der Waals surface area contributed by atoms with Crippen LogP contribution in [0.3, 0.4) is 0 Å². The maximum absolute atomic E-state index is 14.1. The third-order valence-electron chi connectivity index (χ3n) is 4.61. The number of hydrogen-bond donors (Lipinski definition) is 3. The van der Waals surface area contributed by atoms with Crippen molar-refractivity contribution in [1.82, 2.24) is 15.0 Å². The average molecular weight is 345 g/mol. The quantitative estimate of drug-likeness (QED) is 0.700. The summed E-state index contributed by atoms with van der Waals surface area (Å²) in [6, 6.07) is 3.01. The molecule has 0 bridgehead atoms. The van der Waals surface area contributed by atoms with Gasteiger partial charge in [-0.05, 0) is 25.0 Å². The van der Waals surface area contributed by atoms with E-state index in [2.05, 4.69) is 20.3 Å². The molecule has 1 atom stereocenters. The number of anilines is 1. The number of aliphatic hydroxyl groups excluding tert-OH is 1. The molecule has 0 saturated heterocycles. The van der Waals surface area contributed by atoms with Crippen LogP contribution in [-0.4, -0.2) is 32.5 Å². The van der Waals surface area contributed by atoms with Crippen molar-refractivity contribution in [2.75, 3.05) is 11.9 Å². The lowest BCUT2D eigenvalue weighted by atomic mass is 9.66. The zero-order chi connectivity index (χ0) is 17.9. The van der Waals surface area contributed by atoms with Crippen molar-refractivity contribution in [3.8, 4) is 0 Å². The Balaban J connectivity index is 1.67. The number of hydrogen-bond acceptors (Lipinski definition) is 6. The van der Waals surface area contributed by atoms with E-state index in [9.17, 15) is 14.3 Å². The number of halogens is 1. The zero-order valence-electron chi connectivity index (χ0n) is 13.7. The molecule has 0 radical (unpaired) electrons. The maximum atomic E-state index is 14.1. The van der Waals surface area contributed by atoms with Crippen LogP contribution >= 0.6 is 0 Å². The van der Waals surface area contributed by atoms with Crippen LogP contribution in [0.25, 0.3) is 0 Å². The highest BCUT2D eigenvalue weighted by molar-refractivity contribution is 5.74. The summed E-state index contributed by atoms with van der Waals surface area (Å²) in [5.41, 5.74) is 5.60. The van der Waals surface area contributed by atoms with Gasteiger partial charge in [0.15, 0.2) is 0 Å². The monoisotopic (exact) mass is 345 g/mol. The molecule has 3 rings (SSSR count). The van der Waals surface area contributed by atoms with Gasteiger partial charge < -0.3 is 16.2 Å². The number of nitrogens with two attached hydrogens (primary N) is 1.